The molecular weight excluding hydrogens is 636 g/mol. The molecule has 49 heavy (non-hydrogen) atoms. The van der Waals surface area contributed by atoms with Crippen LogP contribution in [0.15, 0.2) is 42.9 Å². The van der Waals surface area contributed by atoms with Crippen LogP contribution in [0, 0.1) is 17.0 Å². The lowest BCUT2D eigenvalue weighted by Gasteiger charge is -2.38. The van der Waals surface area contributed by atoms with Crippen LogP contribution in [-0.2, 0) is 20.7 Å². The molecule has 1 N–H and O–H groups in total. The Labute approximate surface area is 285 Å². The molecule has 0 saturated carbocycles. The summed E-state index contributed by atoms with van der Waals surface area (Å²) in [6, 6.07) is 3.79. The van der Waals surface area contributed by atoms with Gasteiger partial charge >= 0.3 is 6.09 Å². The Bertz CT molecular complexity index is 1670. The molecule has 3 aromatic rings. The van der Waals surface area contributed by atoms with Gasteiger partial charge in [0.2, 0.25) is 17.6 Å². The number of benzene rings is 1. The van der Waals surface area contributed by atoms with Gasteiger partial charge in [-0.25, -0.2) is 23.5 Å². The van der Waals surface area contributed by atoms with E-state index in [0.29, 0.717) is 25.8 Å². The number of carbonyl (C=O) groups is 4. The van der Waals surface area contributed by atoms with E-state index in [2.05, 4.69) is 15.3 Å². The number of carbonyl (C=O) groups excluding carboxylic acids is 4. The minimum absolute atomic E-state index is 0.0657. The highest BCUT2D eigenvalue weighted by Gasteiger charge is 2.41. The molecule has 0 bridgehead atoms. The van der Waals surface area contributed by atoms with Gasteiger partial charge in [0.25, 0.3) is 5.91 Å². The van der Waals surface area contributed by atoms with E-state index < -0.39 is 46.8 Å². The van der Waals surface area contributed by atoms with E-state index in [1.54, 1.807) is 49.6 Å². The lowest BCUT2D eigenvalue weighted by atomic mass is 9.85. The molecule has 1 aliphatic heterocycles. The summed E-state index contributed by atoms with van der Waals surface area (Å²) in [6.07, 6.45) is 4.67. The molecular formula is C35H47F2N7O5. The van der Waals surface area contributed by atoms with E-state index in [-0.39, 0.29) is 42.3 Å². The predicted octanol–water partition coefficient (Wildman–Crippen LogP) is 4.47. The number of hydrogen-bond acceptors (Lipinski definition) is 7. The van der Waals surface area contributed by atoms with Crippen LogP contribution in [0.2, 0.25) is 0 Å². The number of ether oxygens (including phenoxy) is 1. The van der Waals surface area contributed by atoms with E-state index >= 15 is 0 Å². The van der Waals surface area contributed by atoms with E-state index in [0.717, 1.165) is 11.8 Å². The van der Waals surface area contributed by atoms with Gasteiger partial charge in [-0.2, -0.15) is 0 Å². The van der Waals surface area contributed by atoms with Crippen molar-refractivity contribution in [1.82, 2.24) is 34.4 Å². The number of hydrogen-bond donors (Lipinski definition) is 1. The number of amides is 4. The van der Waals surface area contributed by atoms with Crippen LogP contribution in [0.5, 0.6) is 0 Å². The third-order valence-electron chi connectivity index (χ3n) is 8.50. The van der Waals surface area contributed by atoms with Crippen LogP contribution in [-0.4, -0.2) is 103 Å². The van der Waals surface area contributed by atoms with Crippen LogP contribution >= 0.6 is 0 Å². The fourth-order valence-electron chi connectivity index (χ4n) is 5.63. The number of fused-ring (bicyclic) bond motifs is 1. The molecule has 0 radical (unpaired) electrons. The van der Waals surface area contributed by atoms with Gasteiger partial charge in [0.05, 0.1) is 6.20 Å². The summed E-state index contributed by atoms with van der Waals surface area (Å²) in [5.41, 5.74) is -0.555. The van der Waals surface area contributed by atoms with Crippen LogP contribution in [0.1, 0.15) is 77.4 Å². The van der Waals surface area contributed by atoms with Gasteiger partial charge in [-0.1, -0.05) is 32.9 Å². The number of aromatic nitrogens is 3. The number of nitrogens with one attached hydrogen (secondary N) is 1. The molecule has 4 rings (SSSR count). The Hall–Kier alpha value is -4.62. The summed E-state index contributed by atoms with van der Waals surface area (Å²) in [5, 5.41) is 2.88. The zero-order valence-corrected chi connectivity index (χ0v) is 29.5. The summed E-state index contributed by atoms with van der Waals surface area (Å²) in [6.45, 7) is 13.2. The number of halogens is 2. The third-order valence-corrected chi connectivity index (χ3v) is 8.50. The first-order valence-corrected chi connectivity index (χ1v) is 16.4. The number of likely N-dealkylation sites (N-methyl/N-ethyl adjacent to an activating group) is 1. The van der Waals surface area contributed by atoms with Crippen molar-refractivity contribution in [2.45, 2.75) is 91.5 Å². The quantitative estimate of drug-likeness (QED) is 0.334. The highest BCUT2D eigenvalue weighted by Crippen LogP contribution is 2.27. The highest BCUT2D eigenvalue weighted by atomic mass is 19.1. The molecule has 14 heteroatoms. The van der Waals surface area contributed by atoms with Crippen molar-refractivity contribution in [3.63, 3.8) is 0 Å². The van der Waals surface area contributed by atoms with Gasteiger partial charge in [0.15, 0.2) is 5.82 Å². The number of imidazole rings is 1. The zero-order chi connectivity index (χ0) is 36.3. The first kappa shape index (κ1) is 37.2. The summed E-state index contributed by atoms with van der Waals surface area (Å²) < 4.78 is 34.1. The van der Waals surface area contributed by atoms with Crippen molar-refractivity contribution in [3.05, 3.63) is 65.7 Å². The van der Waals surface area contributed by atoms with Crippen molar-refractivity contribution in [2.24, 2.45) is 5.41 Å². The van der Waals surface area contributed by atoms with Crippen molar-refractivity contribution in [1.29, 1.82) is 0 Å². The highest BCUT2D eigenvalue weighted by molar-refractivity contribution is 5.93. The fourth-order valence-corrected chi connectivity index (χ4v) is 5.63. The molecule has 4 amide bonds. The largest absolute Gasteiger partial charge is 0.444 e. The Morgan fingerprint density at radius 3 is 2.35 bits per heavy atom. The zero-order valence-electron chi connectivity index (χ0n) is 29.5. The van der Waals surface area contributed by atoms with Crippen LogP contribution < -0.4 is 5.32 Å². The molecule has 12 nitrogen and oxygen atoms in total. The Morgan fingerprint density at radius 1 is 1.04 bits per heavy atom. The second-order valence-corrected chi connectivity index (χ2v) is 14.6. The van der Waals surface area contributed by atoms with Crippen LogP contribution in [0.3, 0.4) is 0 Å². The molecule has 1 aliphatic rings. The SMILES string of the molecule is CC(C(=O)NC(C(=O)N1CCCC1CN(CCc1ccc(F)cc1)C(=O)c1cn2cc(F)cnc2n1)C(C)(C)C)N(C)C(=O)OC(C)(C)C. The Balaban J connectivity index is 1.54. The molecule has 266 valence electrons. The predicted molar refractivity (Wildman–Crippen MR) is 179 cm³/mol. The van der Waals surface area contributed by atoms with Gasteiger partial charge in [0, 0.05) is 45.1 Å². The van der Waals surface area contributed by atoms with E-state index in [1.807, 2.05) is 20.8 Å². The molecule has 0 aliphatic carbocycles. The van der Waals surface area contributed by atoms with Crippen LogP contribution in [0.4, 0.5) is 13.6 Å². The van der Waals surface area contributed by atoms with Crippen molar-refractivity contribution < 1.29 is 32.7 Å². The summed E-state index contributed by atoms with van der Waals surface area (Å²) >= 11 is 0. The molecule has 1 saturated heterocycles. The second-order valence-electron chi connectivity index (χ2n) is 14.6. The van der Waals surface area contributed by atoms with E-state index in [4.69, 9.17) is 4.74 Å². The Kier molecular flexibility index (Phi) is 11.3. The molecule has 0 spiro atoms. The molecule has 3 heterocycles. The standard InChI is InChI=1S/C35H47F2N7O5/c1-22(41(8)33(48)49-35(5,6)7)29(45)40-28(34(2,3)4)31(47)44-16-9-10-26(44)20-42(17-15-23-11-13-24(36)14-12-23)30(46)27-21-43-19-25(37)18-38-32(43)39-27/h11-14,18-19,21-22,26,28H,9-10,15-17,20H2,1-8H3,(H,40,45). The minimum atomic E-state index is -0.933. The Morgan fingerprint density at radius 2 is 1.71 bits per heavy atom. The minimum Gasteiger partial charge on any atom is -0.444 e. The maximum Gasteiger partial charge on any atom is 0.410 e. The van der Waals surface area contributed by atoms with Gasteiger partial charge in [-0.3, -0.25) is 23.7 Å². The molecule has 2 aromatic heterocycles. The molecule has 3 unspecified atom stereocenters. The number of nitrogens with zero attached hydrogens (tertiary/aromatic N) is 6. The van der Waals surface area contributed by atoms with Crippen molar-refractivity contribution in [3.8, 4) is 0 Å². The van der Waals surface area contributed by atoms with Crippen LogP contribution in [0.25, 0.3) is 5.78 Å². The van der Waals surface area contributed by atoms with Crippen molar-refractivity contribution >= 4 is 29.6 Å². The van der Waals surface area contributed by atoms with Crippen molar-refractivity contribution in [2.75, 3.05) is 26.7 Å². The molecule has 1 fully saturated rings. The first-order valence-electron chi connectivity index (χ1n) is 16.4. The fraction of sp³-hybridized carbons (Fsp3) is 0.543. The average Bonchev–Trinajstić information content (AvgIpc) is 3.66. The maximum absolute atomic E-state index is 14.2. The van der Waals surface area contributed by atoms with Gasteiger partial charge in [-0.15, -0.1) is 0 Å². The normalized spacial score (nSPS) is 16.3. The van der Waals surface area contributed by atoms with Gasteiger partial charge in [-0.05, 0) is 70.1 Å². The number of likely N-dealkylation sites (tertiary alicyclic amines) is 1. The smallest absolute Gasteiger partial charge is 0.410 e. The molecule has 3 atom stereocenters. The van der Waals surface area contributed by atoms with Gasteiger partial charge in [0.1, 0.15) is 29.2 Å². The third kappa shape index (κ3) is 9.51. The second kappa shape index (κ2) is 14.9. The lowest BCUT2D eigenvalue weighted by molar-refractivity contribution is -0.141. The maximum atomic E-state index is 14.2. The average molecular weight is 684 g/mol. The van der Waals surface area contributed by atoms with E-state index in [1.165, 1.54) is 40.9 Å². The summed E-state index contributed by atoms with van der Waals surface area (Å²) in [7, 11) is 1.47. The lowest BCUT2D eigenvalue weighted by Crippen LogP contribution is -2.59. The van der Waals surface area contributed by atoms with E-state index in [9.17, 15) is 28.0 Å². The summed E-state index contributed by atoms with van der Waals surface area (Å²) in [5.74, 6) is -2.02. The van der Waals surface area contributed by atoms with Gasteiger partial charge < -0.3 is 19.9 Å². The topological polar surface area (TPSA) is 129 Å². The number of rotatable bonds is 10. The molecule has 1 aromatic carbocycles. The first-order chi connectivity index (χ1) is 22.8. The summed E-state index contributed by atoms with van der Waals surface area (Å²) in [4.78, 5) is 67.0. The monoisotopic (exact) mass is 683 g/mol.